The van der Waals surface area contributed by atoms with E-state index in [2.05, 4.69) is 11.9 Å². The second-order valence-electron chi connectivity index (χ2n) is 4.22. The van der Waals surface area contributed by atoms with Crippen molar-refractivity contribution >= 4 is 6.29 Å². The molecule has 0 spiro atoms. The molecule has 3 atom stereocenters. The average molecular weight is 227 g/mol. The lowest BCUT2D eigenvalue weighted by molar-refractivity contribution is -0.111. The standard InChI is InChI=1S/C10H17NO.2C2H6/c1-11-9(7-12)6-8-4-2-3-5-10(8)11;2*1-2/h7-10H,2-6H2,1H3;2*1-2H3/t8-,9-,10-;;/m0../s1. The highest BCUT2D eigenvalue weighted by molar-refractivity contribution is 5.58. The maximum absolute atomic E-state index is 10.7. The molecule has 96 valence electrons. The van der Waals surface area contributed by atoms with E-state index in [1.54, 1.807) is 0 Å². The Morgan fingerprint density at radius 3 is 2.12 bits per heavy atom. The molecule has 2 nitrogen and oxygen atoms in total. The van der Waals surface area contributed by atoms with E-state index >= 15 is 0 Å². The quantitative estimate of drug-likeness (QED) is 0.639. The van der Waals surface area contributed by atoms with Crippen molar-refractivity contribution in [2.24, 2.45) is 5.92 Å². The first-order valence-corrected chi connectivity index (χ1v) is 7.00. The van der Waals surface area contributed by atoms with Crippen LogP contribution in [0.25, 0.3) is 0 Å². The third-order valence-electron chi connectivity index (χ3n) is 3.62. The first-order chi connectivity index (χ1) is 7.83. The van der Waals surface area contributed by atoms with Gasteiger partial charge in [-0.1, -0.05) is 40.5 Å². The van der Waals surface area contributed by atoms with Crippen molar-refractivity contribution in [3.05, 3.63) is 0 Å². The zero-order chi connectivity index (χ0) is 12.6. The first-order valence-electron chi connectivity index (χ1n) is 7.00. The van der Waals surface area contributed by atoms with Gasteiger partial charge in [0.2, 0.25) is 0 Å². The lowest BCUT2D eigenvalue weighted by Gasteiger charge is -2.29. The molecule has 0 amide bonds. The van der Waals surface area contributed by atoms with Crippen molar-refractivity contribution in [1.82, 2.24) is 4.90 Å². The Morgan fingerprint density at radius 2 is 1.62 bits per heavy atom. The van der Waals surface area contributed by atoms with Crippen molar-refractivity contribution in [3.8, 4) is 0 Å². The maximum Gasteiger partial charge on any atom is 0.137 e. The molecule has 0 bridgehead atoms. The third-order valence-corrected chi connectivity index (χ3v) is 3.62. The van der Waals surface area contributed by atoms with Crippen molar-refractivity contribution < 1.29 is 4.79 Å². The maximum atomic E-state index is 10.7. The molecule has 0 radical (unpaired) electrons. The SMILES string of the molecule is CC.CC.CN1[C@H](C=O)C[C@@H]2CCCC[C@@H]21. The minimum Gasteiger partial charge on any atom is -0.302 e. The molecule has 1 heterocycles. The van der Waals surface area contributed by atoms with Crippen LogP contribution in [0.15, 0.2) is 0 Å². The molecule has 2 aliphatic rings. The summed E-state index contributed by atoms with van der Waals surface area (Å²) in [6, 6.07) is 0.937. The molecule has 0 aromatic heterocycles. The Labute approximate surface area is 101 Å². The number of aldehydes is 1. The van der Waals surface area contributed by atoms with Gasteiger partial charge in [-0.3, -0.25) is 4.90 Å². The van der Waals surface area contributed by atoms with Crippen molar-refractivity contribution in [1.29, 1.82) is 0 Å². The molecule has 2 fully saturated rings. The predicted octanol–water partition coefficient (Wildman–Crippen LogP) is 3.50. The number of nitrogens with zero attached hydrogens (tertiary/aromatic N) is 1. The Balaban J connectivity index is 0.000000509. The van der Waals surface area contributed by atoms with E-state index in [0.29, 0.717) is 6.04 Å². The van der Waals surface area contributed by atoms with Gasteiger partial charge in [0, 0.05) is 6.04 Å². The molecule has 1 aliphatic carbocycles. The van der Waals surface area contributed by atoms with Gasteiger partial charge in [0.15, 0.2) is 0 Å². The molecule has 1 saturated heterocycles. The number of hydrogen-bond donors (Lipinski definition) is 0. The summed E-state index contributed by atoms with van der Waals surface area (Å²) in [6.07, 6.45) is 7.63. The lowest BCUT2D eigenvalue weighted by Crippen LogP contribution is -2.35. The van der Waals surface area contributed by atoms with Crippen LogP contribution in [0.3, 0.4) is 0 Å². The van der Waals surface area contributed by atoms with Gasteiger partial charge in [-0.15, -0.1) is 0 Å². The third kappa shape index (κ3) is 3.58. The van der Waals surface area contributed by atoms with Gasteiger partial charge < -0.3 is 4.79 Å². The van der Waals surface area contributed by atoms with E-state index in [1.807, 2.05) is 27.7 Å². The second kappa shape index (κ2) is 8.74. The van der Waals surface area contributed by atoms with E-state index in [-0.39, 0.29) is 6.04 Å². The predicted molar refractivity (Wildman–Crippen MR) is 70.7 cm³/mol. The summed E-state index contributed by atoms with van der Waals surface area (Å²) in [6.45, 7) is 8.00. The molecular formula is C14H29NO. The fourth-order valence-electron chi connectivity index (χ4n) is 2.87. The number of fused-ring (bicyclic) bond motifs is 1. The summed E-state index contributed by atoms with van der Waals surface area (Å²) >= 11 is 0. The molecule has 0 N–H and O–H groups in total. The summed E-state index contributed by atoms with van der Waals surface area (Å²) < 4.78 is 0. The molecule has 1 aliphatic heterocycles. The van der Waals surface area contributed by atoms with Crippen molar-refractivity contribution in [2.75, 3.05) is 7.05 Å². The van der Waals surface area contributed by atoms with Crippen molar-refractivity contribution in [3.63, 3.8) is 0 Å². The molecule has 2 rings (SSSR count). The van der Waals surface area contributed by atoms with Crippen LogP contribution in [-0.4, -0.2) is 30.3 Å². The summed E-state index contributed by atoms with van der Waals surface area (Å²) in [4.78, 5) is 13.0. The number of hydrogen-bond acceptors (Lipinski definition) is 2. The van der Waals surface area contributed by atoms with Gasteiger partial charge in [0.25, 0.3) is 0 Å². The summed E-state index contributed by atoms with van der Waals surface area (Å²) in [5.41, 5.74) is 0. The minimum absolute atomic E-state index is 0.220. The molecule has 0 aromatic rings. The number of likely N-dealkylation sites (N-methyl/N-ethyl adjacent to an activating group) is 1. The molecular weight excluding hydrogens is 198 g/mol. The van der Waals surface area contributed by atoms with Crippen LogP contribution in [0.4, 0.5) is 0 Å². The fourth-order valence-corrected chi connectivity index (χ4v) is 2.87. The van der Waals surface area contributed by atoms with Crippen LogP contribution in [0.5, 0.6) is 0 Å². The normalized spacial score (nSPS) is 32.7. The van der Waals surface area contributed by atoms with Crippen molar-refractivity contribution in [2.45, 2.75) is 71.9 Å². The number of carbonyl (C=O) groups is 1. The van der Waals surface area contributed by atoms with Gasteiger partial charge in [0.1, 0.15) is 6.29 Å². The van der Waals surface area contributed by atoms with Gasteiger partial charge in [-0.05, 0) is 32.2 Å². The number of rotatable bonds is 1. The van der Waals surface area contributed by atoms with Gasteiger partial charge in [-0.25, -0.2) is 0 Å². The van der Waals surface area contributed by atoms with Crippen LogP contribution in [0.1, 0.15) is 59.8 Å². The molecule has 2 heteroatoms. The Bertz CT molecular complexity index is 182. The minimum atomic E-state index is 0.220. The van der Waals surface area contributed by atoms with Gasteiger partial charge >= 0.3 is 0 Å². The van der Waals surface area contributed by atoms with Crippen LogP contribution >= 0.6 is 0 Å². The summed E-state index contributed by atoms with van der Waals surface area (Å²) in [5, 5.41) is 0. The smallest absolute Gasteiger partial charge is 0.137 e. The molecule has 16 heavy (non-hydrogen) atoms. The van der Waals surface area contributed by atoms with E-state index in [1.165, 1.54) is 25.7 Å². The lowest BCUT2D eigenvalue weighted by atomic mass is 9.85. The second-order valence-corrected chi connectivity index (χ2v) is 4.22. The fraction of sp³-hybridized carbons (Fsp3) is 0.929. The number of likely N-dealkylation sites (tertiary alicyclic amines) is 1. The highest BCUT2D eigenvalue weighted by Gasteiger charge is 2.39. The first kappa shape index (κ1) is 15.6. The van der Waals surface area contributed by atoms with Crippen LogP contribution in [-0.2, 0) is 4.79 Å². The molecule has 1 saturated carbocycles. The Kier molecular flexibility index (Phi) is 8.54. The van der Waals surface area contributed by atoms with E-state index in [4.69, 9.17) is 0 Å². The highest BCUT2D eigenvalue weighted by atomic mass is 16.1. The summed E-state index contributed by atoms with van der Waals surface area (Å²) in [5.74, 6) is 0.818. The molecule has 0 aromatic carbocycles. The van der Waals surface area contributed by atoms with E-state index in [0.717, 1.165) is 18.6 Å². The monoisotopic (exact) mass is 227 g/mol. The zero-order valence-electron chi connectivity index (χ0n) is 11.7. The highest BCUT2D eigenvalue weighted by Crippen LogP contribution is 2.37. The van der Waals surface area contributed by atoms with Crippen LogP contribution < -0.4 is 0 Å². The van der Waals surface area contributed by atoms with Crippen LogP contribution in [0, 0.1) is 5.92 Å². The van der Waals surface area contributed by atoms with E-state index in [9.17, 15) is 4.79 Å². The molecule has 0 unspecified atom stereocenters. The van der Waals surface area contributed by atoms with E-state index < -0.39 is 0 Å². The van der Waals surface area contributed by atoms with Gasteiger partial charge in [0.05, 0.1) is 6.04 Å². The van der Waals surface area contributed by atoms with Crippen LogP contribution in [0.2, 0.25) is 0 Å². The summed E-state index contributed by atoms with van der Waals surface area (Å²) in [7, 11) is 2.11. The largest absolute Gasteiger partial charge is 0.302 e. The topological polar surface area (TPSA) is 20.3 Å². The Morgan fingerprint density at radius 1 is 1.06 bits per heavy atom. The van der Waals surface area contributed by atoms with Gasteiger partial charge in [-0.2, -0.15) is 0 Å². The number of carbonyl (C=O) groups excluding carboxylic acids is 1. The Hall–Kier alpha value is -0.370. The average Bonchev–Trinajstić information content (AvgIpc) is 2.72. The zero-order valence-corrected chi connectivity index (χ0v) is 11.7.